The van der Waals surface area contributed by atoms with E-state index in [4.69, 9.17) is 18.9 Å². The largest absolute Gasteiger partial charge is 0.454 e. The lowest BCUT2D eigenvalue weighted by Crippen LogP contribution is -2.49. The van der Waals surface area contributed by atoms with Gasteiger partial charge in [-0.05, 0) is 42.8 Å². The number of hydrogen-bond donors (Lipinski definition) is 0. The zero-order valence-corrected chi connectivity index (χ0v) is 15.7. The predicted molar refractivity (Wildman–Crippen MR) is 101 cm³/mol. The molecule has 1 fully saturated rings. The normalized spacial score (nSPS) is 19.0. The van der Waals surface area contributed by atoms with E-state index < -0.39 is 0 Å². The average Bonchev–Trinajstić information content (AvgIpc) is 3.40. The van der Waals surface area contributed by atoms with Crippen molar-refractivity contribution in [3.63, 3.8) is 0 Å². The molecule has 2 aromatic rings. The van der Waals surface area contributed by atoms with E-state index in [1.165, 1.54) is 5.56 Å². The van der Waals surface area contributed by atoms with Gasteiger partial charge in [-0.15, -0.1) is 0 Å². The second-order valence-electron chi connectivity index (χ2n) is 7.18. The fraction of sp³-hybridized carbons (Fsp3) is 0.381. The van der Waals surface area contributed by atoms with Crippen LogP contribution >= 0.6 is 0 Å². The summed E-state index contributed by atoms with van der Waals surface area (Å²) in [5.41, 5.74) is 1.83. The highest BCUT2D eigenvalue weighted by molar-refractivity contribution is 5.95. The van der Waals surface area contributed by atoms with E-state index in [-0.39, 0.29) is 25.5 Å². The lowest BCUT2D eigenvalue weighted by atomic mass is 10.0. The standard InChI is InChI=1S/C21H22N2O5/c1-14(15-2-4-17-19(10-15)27-12-25-17)22-6-8-23(9-7-22)21(24)16-3-5-18-20(11-16)28-13-26-18/h2-5,10-11,14H,6-9,12-13H2,1H3. The number of rotatable bonds is 3. The molecule has 1 amide bonds. The van der Waals surface area contributed by atoms with Crippen LogP contribution in [0.1, 0.15) is 28.9 Å². The molecule has 0 radical (unpaired) electrons. The maximum absolute atomic E-state index is 12.9. The van der Waals surface area contributed by atoms with Crippen LogP contribution in [0.15, 0.2) is 36.4 Å². The molecule has 0 aliphatic carbocycles. The first-order chi connectivity index (χ1) is 13.7. The first-order valence-corrected chi connectivity index (χ1v) is 9.51. The summed E-state index contributed by atoms with van der Waals surface area (Å²) in [5, 5.41) is 0. The molecular formula is C21H22N2O5. The highest BCUT2D eigenvalue weighted by Gasteiger charge is 2.27. The third kappa shape index (κ3) is 3.01. The Bertz CT molecular complexity index is 908. The van der Waals surface area contributed by atoms with Crippen LogP contribution in [0.2, 0.25) is 0 Å². The molecule has 5 rings (SSSR count). The molecule has 0 N–H and O–H groups in total. The maximum Gasteiger partial charge on any atom is 0.254 e. The van der Waals surface area contributed by atoms with E-state index in [1.807, 2.05) is 11.0 Å². The minimum Gasteiger partial charge on any atom is -0.454 e. The van der Waals surface area contributed by atoms with Crippen LogP contribution in [-0.2, 0) is 0 Å². The molecule has 7 heteroatoms. The van der Waals surface area contributed by atoms with Crippen molar-refractivity contribution in [3.05, 3.63) is 47.5 Å². The number of nitrogens with zero attached hydrogens (tertiary/aromatic N) is 2. The van der Waals surface area contributed by atoms with Gasteiger partial charge < -0.3 is 23.8 Å². The van der Waals surface area contributed by atoms with Crippen LogP contribution in [0.4, 0.5) is 0 Å². The Labute approximate surface area is 163 Å². The fourth-order valence-corrected chi connectivity index (χ4v) is 3.91. The van der Waals surface area contributed by atoms with Gasteiger partial charge in [0.2, 0.25) is 13.6 Å². The number of carbonyl (C=O) groups excluding carboxylic acids is 1. The Kier molecular flexibility index (Phi) is 4.24. The van der Waals surface area contributed by atoms with Gasteiger partial charge in [-0.25, -0.2) is 0 Å². The summed E-state index contributed by atoms with van der Waals surface area (Å²) >= 11 is 0. The molecule has 1 atom stereocenters. The summed E-state index contributed by atoms with van der Waals surface area (Å²) in [6.07, 6.45) is 0. The van der Waals surface area contributed by atoms with E-state index in [1.54, 1.807) is 18.2 Å². The highest BCUT2D eigenvalue weighted by Crippen LogP contribution is 2.36. The lowest BCUT2D eigenvalue weighted by molar-refractivity contribution is 0.0581. The third-order valence-corrected chi connectivity index (χ3v) is 5.65. The summed E-state index contributed by atoms with van der Waals surface area (Å²) in [6.45, 7) is 5.73. The molecule has 2 aromatic carbocycles. The molecule has 0 saturated carbocycles. The Morgan fingerprint density at radius 1 is 0.821 bits per heavy atom. The lowest BCUT2D eigenvalue weighted by Gasteiger charge is -2.38. The van der Waals surface area contributed by atoms with Crippen molar-refractivity contribution in [1.82, 2.24) is 9.80 Å². The van der Waals surface area contributed by atoms with Crippen molar-refractivity contribution in [2.45, 2.75) is 13.0 Å². The number of carbonyl (C=O) groups is 1. The maximum atomic E-state index is 12.9. The Morgan fingerprint density at radius 2 is 1.43 bits per heavy atom. The summed E-state index contributed by atoms with van der Waals surface area (Å²) < 4.78 is 21.6. The van der Waals surface area contributed by atoms with E-state index in [2.05, 4.69) is 24.0 Å². The van der Waals surface area contributed by atoms with Crippen LogP contribution in [0, 0.1) is 0 Å². The van der Waals surface area contributed by atoms with E-state index in [0.29, 0.717) is 30.2 Å². The summed E-state index contributed by atoms with van der Waals surface area (Å²) in [7, 11) is 0. The highest BCUT2D eigenvalue weighted by atomic mass is 16.7. The van der Waals surface area contributed by atoms with Gasteiger partial charge in [-0.2, -0.15) is 0 Å². The minimum absolute atomic E-state index is 0.0358. The van der Waals surface area contributed by atoms with Crippen LogP contribution in [0.3, 0.4) is 0 Å². The van der Waals surface area contributed by atoms with Crippen molar-refractivity contribution < 1.29 is 23.7 Å². The van der Waals surface area contributed by atoms with Crippen molar-refractivity contribution in [2.24, 2.45) is 0 Å². The number of fused-ring (bicyclic) bond motifs is 2. The van der Waals surface area contributed by atoms with Crippen molar-refractivity contribution in [2.75, 3.05) is 39.8 Å². The van der Waals surface area contributed by atoms with Crippen molar-refractivity contribution >= 4 is 5.91 Å². The molecule has 1 unspecified atom stereocenters. The van der Waals surface area contributed by atoms with E-state index in [0.717, 1.165) is 24.6 Å². The summed E-state index contributed by atoms with van der Waals surface area (Å²) in [5.74, 6) is 2.98. The quantitative estimate of drug-likeness (QED) is 0.814. The van der Waals surface area contributed by atoms with Gasteiger partial charge in [-0.1, -0.05) is 6.07 Å². The van der Waals surface area contributed by atoms with Crippen LogP contribution in [0.25, 0.3) is 0 Å². The van der Waals surface area contributed by atoms with Crippen LogP contribution < -0.4 is 18.9 Å². The second kappa shape index (κ2) is 6.91. The van der Waals surface area contributed by atoms with Gasteiger partial charge in [-0.3, -0.25) is 9.69 Å². The van der Waals surface area contributed by atoms with Crippen LogP contribution in [-0.4, -0.2) is 55.5 Å². The molecule has 1 saturated heterocycles. The number of hydrogen-bond acceptors (Lipinski definition) is 6. The van der Waals surface area contributed by atoms with Gasteiger partial charge in [0.15, 0.2) is 23.0 Å². The van der Waals surface area contributed by atoms with E-state index >= 15 is 0 Å². The first-order valence-electron chi connectivity index (χ1n) is 9.51. The van der Waals surface area contributed by atoms with Gasteiger partial charge in [0, 0.05) is 37.8 Å². The van der Waals surface area contributed by atoms with Crippen molar-refractivity contribution in [1.29, 1.82) is 0 Å². The first kappa shape index (κ1) is 17.2. The molecule has 3 aliphatic rings. The number of ether oxygens (including phenoxy) is 4. The molecular weight excluding hydrogens is 360 g/mol. The van der Waals surface area contributed by atoms with Gasteiger partial charge in [0.05, 0.1) is 0 Å². The minimum atomic E-state index is 0.0358. The third-order valence-electron chi connectivity index (χ3n) is 5.65. The molecule has 3 heterocycles. The predicted octanol–water partition coefficient (Wildman–Crippen LogP) is 2.66. The summed E-state index contributed by atoms with van der Waals surface area (Å²) in [4.78, 5) is 17.1. The smallest absolute Gasteiger partial charge is 0.254 e. The monoisotopic (exact) mass is 382 g/mol. The van der Waals surface area contributed by atoms with Gasteiger partial charge in [0.25, 0.3) is 5.91 Å². The number of amides is 1. The number of benzene rings is 2. The molecule has 3 aliphatic heterocycles. The Balaban J connectivity index is 1.23. The molecule has 7 nitrogen and oxygen atoms in total. The SMILES string of the molecule is CC(c1ccc2c(c1)OCO2)N1CCN(C(=O)c2ccc3c(c2)OCO3)CC1. The van der Waals surface area contributed by atoms with Gasteiger partial charge in [0.1, 0.15) is 0 Å². The topological polar surface area (TPSA) is 60.5 Å². The average molecular weight is 382 g/mol. The Hall–Kier alpha value is -2.93. The molecule has 0 bridgehead atoms. The molecule has 28 heavy (non-hydrogen) atoms. The van der Waals surface area contributed by atoms with Crippen LogP contribution in [0.5, 0.6) is 23.0 Å². The second-order valence-corrected chi connectivity index (χ2v) is 7.18. The fourth-order valence-electron chi connectivity index (χ4n) is 3.91. The van der Waals surface area contributed by atoms with Crippen molar-refractivity contribution in [3.8, 4) is 23.0 Å². The van der Waals surface area contributed by atoms with Gasteiger partial charge >= 0.3 is 0 Å². The van der Waals surface area contributed by atoms with E-state index in [9.17, 15) is 4.79 Å². The zero-order valence-electron chi connectivity index (χ0n) is 15.7. The summed E-state index contributed by atoms with van der Waals surface area (Å²) in [6, 6.07) is 11.7. The molecule has 0 aromatic heterocycles. The Morgan fingerprint density at radius 3 is 2.14 bits per heavy atom. The zero-order chi connectivity index (χ0) is 19.1. The number of piperazine rings is 1. The molecule has 0 spiro atoms. The molecule has 146 valence electrons.